The summed E-state index contributed by atoms with van der Waals surface area (Å²) in [6, 6.07) is 14.4. The quantitative estimate of drug-likeness (QED) is 0.529. The molecule has 0 aliphatic carbocycles. The summed E-state index contributed by atoms with van der Waals surface area (Å²) in [6.45, 7) is 0. The van der Waals surface area contributed by atoms with Gasteiger partial charge in [-0.25, -0.2) is 19.3 Å². The van der Waals surface area contributed by atoms with E-state index in [0.717, 1.165) is 11.3 Å². The van der Waals surface area contributed by atoms with E-state index in [1.54, 1.807) is 30.3 Å². The van der Waals surface area contributed by atoms with Gasteiger partial charge in [0.2, 0.25) is 0 Å². The molecule has 2 N–H and O–H groups in total. The number of nitrogens with zero attached hydrogens (tertiary/aromatic N) is 1. The molecule has 0 aromatic heterocycles. The molecule has 2 aromatic rings. The van der Waals surface area contributed by atoms with Crippen LogP contribution in [0.2, 0.25) is 0 Å². The Kier molecular flexibility index (Phi) is 3.87. The van der Waals surface area contributed by atoms with Crippen LogP contribution in [0.3, 0.4) is 0 Å². The molecule has 2 aromatic carbocycles. The Bertz CT molecular complexity index is 710. The molecule has 0 atom stereocenters. The zero-order chi connectivity index (χ0) is 14.8. The summed E-state index contributed by atoms with van der Waals surface area (Å²) >= 11 is 0. The molecule has 6 heteroatoms. The van der Waals surface area contributed by atoms with E-state index in [-0.39, 0.29) is 10.8 Å². The minimum Gasteiger partial charge on any atom is -0.267 e. The number of benzene rings is 2. The predicted molar refractivity (Wildman–Crippen MR) is 77.0 cm³/mol. The summed E-state index contributed by atoms with van der Waals surface area (Å²) in [5.41, 5.74) is 0.883. The van der Waals surface area contributed by atoms with Gasteiger partial charge in [-0.3, -0.25) is 4.79 Å². The molecule has 0 fully saturated rings. The van der Waals surface area contributed by atoms with Gasteiger partial charge in [0.25, 0.3) is 5.91 Å². The van der Waals surface area contributed by atoms with Crippen molar-refractivity contribution in [3.8, 4) is 0 Å². The van der Waals surface area contributed by atoms with Gasteiger partial charge in [0.05, 0.1) is 10.6 Å². The molecule has 0 bridgehead atoms. The first-order valence-corrected chi connectivity index (χ1v) is 7.73. The molecular formula is C14H14N2O3S. The van der Waals surface area contributed by atoms with E-state index in [1.807, 2.05) is 0 Å². The Morgan fingerprint density at radius 2 is 1.55 bits per heavy atom. The van der Waals surface area contributed by atoms with Crippen molar-refractivity contribution >= 4 is 21.4 Å². The summed E-state index contributed by atoms with van der Waals surface area (Å²) < 4.78 is 22.7. The molecule has 0 unspecified atom stereocenters. The van der Waals surface area contributed by atoms with Gasteiger partial charge in [0, 0.05) is 11.8 Å². The summed E-state index contributed by atoms with van der Waals surface area (Å²) in [5.74, 6) is 5.40. The minimum absolute atomic E-state index is 0.182. The van der Waals surface area contributed by atoms with Crippen LogP contribution in [0.25, 0.3) is 0 Å². The lowest BCUT2D eigenvalue weighted by atomic mass is 10.2. The fourth-order valence-corrected chi connectivity index (χ4v) is 2.32. The standard InChI is InChI=1S/C14H14N2O3S/c1-20(18,19)13-9-7-12(8-10-13)16(15)14(17)11-5-3-2-4-6-11/h2-10H,15H2,1H3. The second kappa shape index (κ2) is 5.44. The third kappa shape index (κ3) is 3.04. The van der Waals surface area contributed by atoms with Crippen LogP contribution in [0.4, 0.5) is 5.69 Å². The van der Waals surface area contributed by atoms with E-state index in [4.69, 9.17) is 5.84 Å². The van der Waals surface area contributed by atoms with Crippen molar-refractivity contribution in [2.24, 2.45) is 5.84 Å². The van der Waals surface area contributed by atoms with Crippen LogP contribution < -0.4 is 10.9 Å². The number of hydrogen-bond donors (Lipinski definition) is 1. The van der Waals surface area contributed by atoms with E-state index >= 15 is 0 Å². The SMILES string of the molecule is CS(=O)(=O)c1ccc(N(N)C(=O)c2ccccc2)cc1. The maximum atomic E-state index is 12.1. The Hall–Kier alpha value is -2.18. The van der Waals surface area contributed by atoms with Crippen LogP contribution in [0.15, 0.2) is 59.5 Å². The summed E-state index contributed by atoms with van der Waals surface area (Å²) in [4.78, 5) is 12.3. The number of sulfone groups is 1. The fraction of sp³-hybridized carbons (Fsp3) is 0.0714. The monoisotopic (exact) mass is 290 g/mol. The van der Waals surface area contributed by atoms with Gasteiger partial charge in [-0.15, -0.1) is 0 Å². The molecule has 0 aliphatic rings. The van der Waals surface area contributed by atoms with Crippen molar-refractivity contribution in [3.05, 3.63) is 60.2 Å². The topological polar surface area (TPSA) is 80.5 Å². The average Bonchev–Trinajstić information content (AvgIpc) is 2.46. The van der Waals surface area contributed by atoms with Gasteiger partial charge >= 0.3 is 0 Å². The Labute approximate surface area is 117 Å². The molecule has 104 valence electrons. The van der Waals surface area contributed by atoms with E-state index in [1.165, 1.54) is 24.3 Å². The average molecular weight is 290 g/mol. The van der Waals surface area contributed by atoms with E-state index in [0.29, 0.717) is 11.3 Å². The molecule has 0 spiro atoms. The lowest BCUT2D eigenvalue weighted by Gasteiger charge is -2.16. The normalized spacial score (nSPS) is 11.1. The molecule has 0 saturated heterocycles. The van der Waals surface area contributed by atoms with E-state index in [9.17, 15) is 13.2 Å². The van der Waals surface area contributed by atoms with Crippen molar-refractivity contribution in [2.75, 3.05) is 11.3 Å². The number of carbonyl (C=O) groups is 1. The van der Waals surface area contributed by atoms with Crippen LogP contribution in [0.5, 0.6) is 0 Å². The summed E-state index contributed by atoms with van der Waals surface area (Å²) in [6.07, 6.45) is 1.12. The van der Waals surface area contributed by atoms with Crippen LogP contribution in [0, 0.1) is 0 Å². The lowest BCUT2D eigenvalue weighted by Crippen LogP contribution is -2.37. The minimum atomic E-state index is -3.26. The number of rotatable bonds is 3. The Morgan fingerprint density at radius 3 is 2.05 bits per heavy atom. The number of hydrogen-bond acceptors (Lipinski definition) is 4. The van der Waals surface area contributed by atoms with Gasteiger partial charge in [0.15, 0.2) is 9.84 Å². The molecule has 1 amide bonds. The third-order valence-electron chi connectivity index (χ3n) is 2.78. The highest BCUT2D eigenvalue weighted by atomic mass is 32.2. The second-order valence-corrected chi connectivity index (χ2v) is 6.32. The fourth-order valence-electron chi connectivity index (χ4n) is 1.69. The van der Waals surface area contributed by atoms with Crippen LogP contribution in [0.1, 0.15) is 10.4 Å². The molecule has 5 nitrogen and oxygen atoms in total. The largest absolute Gasteiger partial charge is 0.272 e. The maximum absolute atomic E-state index is 12.1. The molecule has 0 aliphatic heterocycles. The van der Waals surface area contributed by atoms with Crippen LogP contribution in [-0.2, 0) is 9.84 Å². The molecule has 2 rings (SSSR count). The second-order valence-electron chi connectivity index (χ2n) is 4.31. The maximum Gasteiger partial charge on any atom is 0.272 e. The zero-order valence-corrected chi connectivity index (χ0v) is 11.7. The van der Waals surface area contributed by atoms with Gasteiger partial charge in [-0.2, -0.15) is 0 Å². The van der Waals surface area contributed by atoms with Gasteiger partial charge in [0.1, 0.15) is 0 Å². The molecule has 0 saturated carbocycles. The van der Waals surface area contributed by atoms with Gasteiger partial charge in [-0.05, 0) is 36.4 Å². The van der Waals surface area contributed by atoms with Crippen LogP contribution >= 0.6 is 0 Å². The first-order chi connectivity index (χ1) is 9.39. The van der Waals surface area contributed by atoms with Gasteiger partial charge < -0.3 is 0 Å². The van der Waals surface area contributed by atoms with Crippen molar-refractivity contribution in [2.45, 2.75) is 4.90 Å². The summed E-state index contributed by atoms with van der Waals surface area (Å²) in [7, 11) is -3.26. The molecule has 20 heavy (non-hydrogen) atoms. The lowest BCUT2D eigenvalue weighted by molar-refractivity contribution is 0.0987. The van der Waals surface area contributed by atoms with Crippen LogP contribution in [-0.4, -0.2) is 20.6 Å². The highest BCUT2D eigenvalue weighted by Gasteiger charge is 2.14. The highest BCUT2D eigenvalue weighted by molar-refractivity contribution is 7.90. The van der Waals surface area contributed by atoms with Crippen molar-refractivity contribution < 1.29 is 13.2 Å². The Morgan fingerprint density at radius 1 is 1.00 bits per heavy atom. The van der Waals surface area contributed by atoms with Crippen molar-refractivity contribution in [1.29, 1.82) is 0 Å². The number of carbonyl (C=O) groups excluding carboxylic acids is 1. The first kappa shape index (κ1) is 14.2. The van der Waals surface area contributed by atoms with E-state index < -0.39 is 9.84 Å². The van der Waals surface area contributed by atoms with Gasteiger partial charge in [-0.1, -0.05) is 18.2 Å². The zero-order valence-electron chi connectivity index (χ0n) is 10.9. The number of hydrazine groups is 1. The van der Waals surface area contributed by atoms with E-state index in [2.05, 4.69) is 0 Å². The van der Waals surface area contributed by atoms with Crippen molar-refractivity contribution in [3.63, 3.8) is 0 Å². The predicted octanol–water partition coefficient (Wildman–Crippen LogP) is 1.61. The Balaban J connectivity index is 2.26. The highest BCUT2D eigenvalue weighted by Crippen LogP contribution is 2.17. The third-order valence-corrected chi connectivity index (χ3v) is 3.91. The molecule has 0 radical (unpaired) electrons. The number of anilines is 1. The number of nitrogens with two attached hydrogens (primary N) is 1. The first-order valence-electron chi connectivity index (χ1n) is 5.84. The molecular weight excluding hydrogens is 276 g/mol. The summed E-state index contributed by atoms with van der Waals surface area (Å²) in [5, 5.41) is 0.987. The number of amides is 1. The molecule has 0 heterocycles. The van der Waals surface area contributed by atoms with Crippen molar-refractivity contribution in [1.82, 2.24) is 0 Å². The smallest absolute Gasteiger partial charge is 0.267 e.